The van der Waals surface area contributed by atoms with Crippen molar-refractivity contribution in [1.82, 2.24) is 49.5 Å². The van der Waals surface area contributed by atoms with Crippen LogP contribution in [0.25, 0.3) is 65.9 Å². The van der Waals surface area contributed by atoms with Crippen LogP contribution in [0.15, 0.2) is 92.3 Å². The largest absolute Gasteiger partial charge is 0.461 e. The van der Waals surface area contributed by atoms with E-state index in [1.807, 2.05) is 55.9 Å². The Morgan fingerprint density at radius 2 is 1.31 bits per heavy atom. The number of rotatable bonds is 18. The van der Waals surface area contributed by atoms with Gasteiger partial charge in [-0.25, -0.2) is 22.0 Å². The minimum atomic E-state index is -0.981. The Labute approximate surface area is 524 Å². The SMILES string of the molecule is C=CC(=O)N1CC(CN(C)c2nc(OCC34CCCN3C[C@H](F)C4)nc3c(F)c(-c4cccc5c(C6CCC7(COc8nc(N(C)[C@@H]9CCN(C(=O)C=C)C9)c9cnc(-c%10cccc%11ccc(F)c(CC)c%10%11)c(F)c9n8)CCCN67)cc(F)c(CC)c45)ncc23)C1. The van der Waals surface area contributed by atoms with E-state index in [0.717, 1.165) is 48.6 Å². The second-order valence-electron chi connectivity index (χ2n) is 25.8. The number of carbonyl (C=O) groups excluding carboxylic acids is 2. The Balaban J connectivity index is 0.805. The van der Waals surface area contributed by atoms with Gasteiger partial charge >= 0.3 is 12.0 Å². The monoisotopic (exact) mass is 1240 g/mol. The van der Waals surface area contributed by atoms with E-state index in [1.165, 1.54) is 18.2 Å². The molecule has 4 aromatic carbocycles. The molecule has 0 saturated carbocycles. The molecule has 6 aliphatic heterocycles. The van der Waals surface area contributed by atoms with E-state index in [2.05, 4.69) is 23.0 Å². The van der Waals surface area contributed by atoms with Crippen molar-refractivity contribution < 1.29 is 41.0 Å². The van der Waals surface area contributed by atoms with E-state index in [1.54, 1.807) is 52.5 Å². The summed E-state index contributed by atoms with van der Waals surface area (Å²) in [4.78, 5) is 65.9. The van der Waals surface area contributed by atoms with Crippen molar-refractivity contribution in [2.75, 3.05) is 89.5 Å². The minimum absolute atomic E-state index is 0.00624. The molecule has 5 atom stereocenters. The average Bonchev–Trinajstić information content (AvgIpc) is 1.71. The molecule has 2 amide bonds. The number of nitrogens with zero attached hydrogens (tertiary/aromatic N) is 12. The Hall–Kier alpha value is -8.43. The fraction of sp³-hybridized carbons (Fsp3) is 0.429. The molecule has 16 nitrogen and oxygen atoms in total. The summed E-state index contributed by atoms with van der Waals surface area (Å²) in [6.07, 6.45) is 10.9. The summed E-state index contributed by atoms with van der Waals surface area (Å²) < 4.78 is 96.4. The third kappa shape index (κ3) is 10.2. The molecular weight excluding hydrogens is 1170 g/mol. The zero-order valence-electron chi connectivity index (χ0n) is 51.8. The second kappa shape index (κ2) is 23.7. The summed E-state index contributed by atoms with van der Waals surface area (Å²) in [5.74, 6) is -1.72. The van der Waals surface area contributed by atoms with Crippen molar-refractivity contribution in [2.24, 2.45) is 5.92 Å². The van der Waals surface area contributed by atoms with Crippen molar-refractivity contribution in [3.05, 3.63) is 132 Å². The number of aromatic nitrogens is 6. The van der Waals surface area contributed by atoms with E-state index in [0.29, 0.717) is 140 Å². The lowest BCUT2D eigenvalue weighted by atomic mass is 9.88. The van der Waals surface area contributed by atoms with Crippen molar-refractivity contribution >= 4 is 66.8 Å². The maximum Gasteiger partial charge on any atom is 0.319 e. The molecular formula is C70H73F5N12O4. The molecule has 0 radical (unpaired) electrons. The molecule has 91 heavy (non-hydrogen) atoms. The van der Waals surface area contributed by atoms with Crippen LogP contribution in [0.5, 0.6) is 12.0 Å². The number of hydrogen-bond acceptors (Lipinski definition) is 14. The normalized spacial score (nSPS) is 22.5. The van der Waals surface area contributed by atoms with Crippen LogP contribution >= 0.6 is 0 Å². The van der Waals surface area contributed by atoms with Gasteiger partial charge in [0, 0.05) is 101 Å². The number of anilines is 2. The van der Waals surface area contributed by atoms with Gasteiger partial charge < -0.3 is 29.1 Å². The number of halogens is 5. The van der Waals surface area contributed by atoms with Crippen molar-refractivity contribution in [1.29, 1.82) is 0 Å². The lowest BCUT2D eigenvalue weighted by molar-refractivity contribution is -0.131. The van der Waals surface area contributed by atoms with Gasteiger partial charge in [0.05, 0.1) is 21.9 Å². The zero-order valence-corrected chi connectivity index (χ0v) is 51.8. The number of benzene rings is 4. The van der Waals surface area contributed by atoms with Crippen LogP contribution in [-0.4, -0.2) is 164 Å². The third-order valence-electron chi connectivity index (χ3n) is 20.7. The molecule has 0 bridgehead atoms. The Kier molecular flexibility index (Phi) is 15.6. The first-order valence-electron chi connectivity index (χ1n) is 31.9. The molecule has 10 heterocycles. The Morgan fingerprint density at radius 1 is 0.681 bits per heavy atom. The number of pyridine rings is 2. The van der Waals surface area contributed by atoms with Gasteiger partial charge in [-0.05, 0) is 133 Å². The van der Waals surface area contributed by atoms with Gasteiger partial charge in [0.2, 0.25) is 11.8 Å². The number of likely N-dealkylation sites (N-methyl/N-ethyl adjacent to an activating group) is 1. The maximum atomic E-state index is 18.0. The first-order valence-corrected chi connectivity index (χ1v) is 31.9. The van der Waals surface area contributed by atoms with Gasteiger partial charge in [-0.2, -0.15) is 19.9 Å². The first-order chi connectivity index (χ1) is 44.0. The van der Waals surface area contributed by atoms with Crippen LogP contribution in [0.1, 0.15) is 87.9 Å². The molecule has 4 aromatic heterocycles. The van der Waals surface area contributed by atoms with Gasteiger partial charge in [0.25, 0.3) is 0 Å². The van der Waals surface area contributed by atoms with E-state index in [-0.39, 0.29) is 83.3 Å². The first kappa shape index (κ1) is 60.2. The molecule has 0 N–H and O–H groups in total. The zero-order chi connectivity index (χ0) is 63.2. The lowest BCUT2D eigenvalue weighted by Crippen LogP contribution is -2.53. The number of alkyl halides is 1. The standard InChI is InChI=1S/C70H73F5N12O4/c1-7-44-52(72)20-19-41-15-11-17-47(57(41)44)61-59(74)64-51(32-77-61)66(83(6)43-22-28-84(37-43)55(88)9-3)81-68(79-64)90-38-69-23-14-27-87(69)54(21-25-69)49-29-53(73)45(8-2)58-46(49)16-12-18-48(58)62-60(75)63-50(31-76-62)65(82(5)33-40-34-85(35-40)56(89)10-4)80-67(78-63)91-39-70-24-13-26-86(70)36-42(71)30-70/h9-12,15-20,29,31-32,40,42-43,54H,3-4,7-8,13-14,21-28,30,33-39H2,1-2,5-6H3/t42-,43-,54?,69?,70?/m1/s1. The molecule has 6 aliphatic rings. The summed E-state index contributed by atoms with van der Waals surface area (Å²) in [6, 6.07) is 15.2. The highest BCUT2D eigenvalue weighted by Crippen LogP contribution is 2.52. The van der Waals surface area contributed by atoms with Crippen LogP contribution in [-0.2, 0) is 22.4 Å². The molecule has 8 aromatic rings. The fourth-order valence-electron chi connectivity index (χ4n) is 16.1. The third-order valence-corrected chi connectivity index (χ3v) is 20.7. The number of ether oxygens (including phenoxy) is 2. The van der Waals surface area contributed by atoms with Gasteiger partial charge in [-0.1, -0.05) is 69.5 Å². The molecule has 14 rings (SSSR count). The maximum absolute atomic E-state index is 18.0. The summed E-state index contributed by atoms with van der Waals surface area (Å²) in [5.41, 5.74) is 1.31. The minimum Gasteiger partial charge on any atom is -0.461 e. The Morgan fingerprint density at radius 3 is 2.01 bits per heavy atom. The highest BCUT2D eigenvalue weighted by molar-refractivity contribution is 6.03. The smallest absolute Gasteiger partial charge is 0.319 e. The molecule has 0 aliphatic carbocycles. The van der Waals surface area contributed by atoms with E-state index < -0.39 is 34.7 Å². The number of hydrogen-bond donors (Lipinski definition) is 0. The predicted octanol–water partition coefficient (Wildman–Crippen LogP) is 11.7. The lowest BCUT2D eigenvalue weighted by Gasteiger charge is -2.40. The summed E-state index contributed by atoms with van der Waals surface area (Å²) in [5, 5.41) is 3.30. The van der Waals surface area contributed by atoms with Gasteiger partial charge in [-0.15, -0.1) is 0 Å². The van der Waals surface area contributed by atoms with Gasteiger partial charge in [0.15, 0.2) is 11.6 Å². The molecule has 6 fully saturated rings. The number of fused-ring (bicyclic) bond motifs is 6. The van der Waals surface area contributed by atoms with Crippen molar-refractivity contribution in [3.8, 4) is 34.5 Å². The van der Waals surface area contributed by atoms with Crippen LogP contribution in [0.4, 0.5) is 33.6 Å². The molecule has 472 valence electrons. The number of carbonyl (C=O) groups is 2. The van der Waals surface area contributed by atoms with Gasteiger partial charge in [0.1, 0.15) is 65.1 Å². The highest BCUT2D eigenvalue weighted by Gasteiger charge is 2.52. The van der Waals surface area contributed by atoms with Crippen molar-refractivity contribution in [2.45, 2.75) is 107 Å². The van der Waals surface area contributed by atoms with E-state index >= 15 is 17.6 Å². The second-order valence-corrected chi connectivity index (χ2v) is 25.8. The summed E-state index contributed by atoms with van der Waals surface area (Å²) >= 11 is 0. The van der Waals surface area contributed by atoms with E-state index in [4.69, 9.17) is 39.4 Å². The van der Waals surface area contributed by atoms with Crippen LogP contribution in [0.2, 0.25) is 0 Å². The number of aryl methyl sites for hydroxylation is 2. The van der Waals surface area contributed by atoms with E-state index in [9.17, 15) is 14.0 Å². The van der Waals surface area contributed by atoms with Crippen molar-refractivity contribution in [3.63, 3.8) is 0 Å². The molecule has 0 spiro atoms. The highest BCUT2D eigenvalue weighted by atomic mass is 19.1. The van der Waals surface area contributed by atoms with Gasteiger partial charge in [-0.3, -0.25) is 29.4 Å². The van der Waals surface area contributed by atoms with Crippen LogP contribution in [0.3, 0.4) is 0 Å². The molecule has 3 unspecified atom stereocenters. The topological polar surface area (TPSA) is 149 Å². The number of amides is 2. The van der Waals surface area contributed by atoms with Crippen LogP contribution in [0, 0.1) is 29.2 Å². The Bertz CT molecular complexity index is 4280. The molecule has 6 saturated heterocycles. The average molecular weight is 1240 g/mol. The summed E-state index contributed by atoms with van der Waals surface area (Å²) in [7, 11) is 3.71. The fourth-order valence-corrected chi connectivity index (χ4v) is 16.1. The van der Waals surface area contributed by atoms with Crippen LogP contribution < -0.4 is 19.3 Å². The predicted molar refractivity (Wildman–Crippen MR) is 341 cm³/mol. The number of likely N-dealkylation sites (tertiary alicyclic amines) is 2. The molecule has 21 heteroatoms. The summed E-state index contributed by atoms with van der Waals surface area (Å²) in [6.45, 7) is 15.5. The quantitative estimate of drug-likeness (QED) is 0.0592.